The zero-order valence-electron chi connectivity index (χ0n) is 38.8. The van der Waals surface area contributed by atoms with Crippen LogP contribution in [0, 0.1) is 0 Å². The summed E-state index contributed by atoms with van der Waals surface area (Å²) in [5.74, 6) is -0.452. The van der Waals surface area contributed by atoms with Gasteiger partial charge < -0.3 is 20.3 Å². The van der Waals surface area contributed by atoms with E-state index in [0.717, 1.165) is 38.5 Å². The number of carbonyl (C=O) groups is 2. The van der Waals surface area contributed by atoms with E-state index in [-0.39, 0.29) is 24.9 Å². The van der Waals surface area contributed by atoms with E-state index in [1.54, 1.807) is 0 Å². The van der Waals surface area contributed by atoms with Gasteiger partial charge in [0.15, 0.2) is 0 Å². The molecule has 0 aromatic heterocycles. The highest BCUT2D eigenvalue weighted by Gasteiger charge is 2.24. The average Bonchev–Trinajstić information content (AvgIpc) is 3.20. The maximum absolute atomic E-state index is 13.2. The molecule has 0 spiro atoms. The Hall–Kier alpha value is -1.14. The number of unbranched alkanes of at least 4 members (excludes halogenated alkanes) is 35. The number of hydrogen-bond donors (Lipinski definition) is 3. The Morgan fingerprint density at radius 1 is 0.439 bits per heavy atom. The molecule has 57 heavy (non-hydrogen) atoms. The quantitative estimate of drug-likeness (QED) is 0.0420. The van der Waals surface area contributed by atoms with Gasteiger partial charge in [0.2, 0.25) is 5.91 Å². The van der Waals surface area contributed by atoms with Gasteiger partial charge in [-0.3, -0.25) is 9.59 Å². The van der Waals surface area contributed by atoms with Crippen LogP contribution in [0.4, 0.5) is 0 Å². The summed E-state index contributed by atoms with van der Waals surface area (Å²) in [6.45, 7) is 6.49. The molecular weight excluding hydrogens is 707 g/mol. The number of aliphatic hydroxyl groups excluding tert-OH is 2. The second kappa shape index (κ2) is 45.9. The highest BCUT2D eigenvalue weighted by atomic mass is 16.5. The fourth-order valence-corrected chi connectivity index (χ4v) is 8.26. The van der Waals surface area contributed by atoms with Gasteiger partial charge in [-0.05, 0) is 25.7 Å². The molecular formula is C51H101NO5. The fourth-order valence-electron chi connectivity index (χ4n) is 8.26. The average molecular weight is 808 g/mol. The van der Waals surface area contributed by atoms with Crippen molar-refractivity contribution in [3.8, 4) is 0 Å². The highest BCUT2D eigenvalue weighted by Crippen LogP contribution is 2.19. The number of hydrogen-bond acceptors (Lipinski definition) is 5. The molecule has 0 aromatic rings. The Morgan fingerprint density at radius 3 is 1.07 bits per heavy atom. The lowest BCUT2D eigenvalue weighted by Gasteiger charge is -2.24. The summed E-state index contributed by atoms with van der Waals surface area (Å²) in [7, 11) is 0. The predicted molar refractivity (Wildman–Crippen MR) is 246 cm³/mol. The molecule has 0 heterocycles. The van der Waals surface area contributed by atoms with Crippen LogP contribution in [0.3, 0.4) is 0 Å². The second-order valence-corrected chi connectivity index (χ2v) is 17.9. The van der Waals surface area contributed by atoms with E-state index in [2.05, 4.69) is 26.1 Å². The Kier molecular flexibility index (Phi) is 45.0. The molecule has 3 atom stereocenters. The normalized spacial score (nSPS) is 13.1. The molecule has 340 valence electrons. The standard InChI is InChI=1S/C51H101NO5/c1-4-7-10-13-16-19-21-23-25-27-29-32-35-38-41-44-51(56)57-47(42-39-36-33-31-28-26-24-22-20-17-14-11-8-5-2)45-50(55)52-48(46-53)49(54)43-40-37-34-30-18-15-12-9-6-3/h47-49,53-54H,4-46H2,1-3H3,(H,52,55). The lowest BCUT2D eigenvalue weighted by Crippen LogP contribution is -2.46. The van der Waals surface area contributed by atoms with Gasteiger partial charge in [-0.25, -0.2) is 0 Å². The van der Waals surface area contributed by atoms with Gasteiger partial charge >= 0.3 is 5.97 Å². The Bertz CT molecular complexity index is 821. The van der Waals surface area contributed by atoms with Crippen molar-refractivity contribution in [3.05, 3.63) is 0 Å². The SMILES string of the molecule is CCCCCCCCCCCCCCCCCC(=O)OC(CCCCCCCCCCCCCCCC)CC(=O)NC(CO)C(O)CCCCCCCCCCC. The summed E-state index contributed by atoms with van der Waals surface area (Å²) < 4.78 is 5.94. The molecule has 0 bridgehead atoms. The molecule has 6 nitrogen and oxygen atoms in total. The van der Waals surface area contributed by atoms with Crippen LogP contribution in [0.15, 0.2) is 0 Å². The maximum Gasteiger partial charge on any atom is 0.306 e. The van der Waals surface area contributed by atoms with E-state index in [1.165, 1.54) is 205 Å². The van der Waals surface area contributed by atoms with Crippen LogP contribution >= 0.6 is 0 Å². The summed E-state index contributed by atoms with van der Waals surface area (Å²) in [6, 6.07) is -0.690. The molecule has 0 aromatic carbocycles. The molecule has 1 amide bonds. The Labute approximate surface area is 356 Å². The topological polar surface area (TPSA) is 95.9 Å². The van der Waals surface area contributed by atoms with Crippen molar-refractivity contribution in [3.63, 3.8) is 0 Å². The number of rotatable bonds is 47. The van der Waals surface area contributed by atoms with Crippen molar-refractivity contribution in [1.29, 1.82) is 0 Å². The van der Waals surface area contributed by atoms with Crippen molar-refractivity contribution >= 4 is 11.9 Å². The van der Waals surface area contributed by atoms with Crippen molar-refractivity contribution in [2.24, 2.45) is 0 Å². The summed E-state index contributed by atoms with van der Waals surface area (Å²) in [6.07, 6.45) is 48.8. The first-order valence-corrected chi connectivity index (χ1v) is 25.8. The number of esters is 1. The zero-order valence-corrected chi connectivity index (χ0v) is 38.8. The van der Waals surface area contributed by atoms with Gasteiger partial charge in [-0.1, -0.05) is 252 Å². The van der Waals surface area contributed by atoms with E-state index in [9.17, 15) is 19.8 Å². The first kappa shape index (κ1) is 55.9. The minimum Gasteiger partial charge on any atom is -0.462 e. The van der Waals surface area contributed by atoms with Crippen LogP contribution < -0.4 is 5.32 Å². The van der Waals surface area contributed by atoms with Crippen LogP contribution in [0.5, 0.6) is 0 Å². The summed E-state index contributed by atoms with van der Waals surface area (Å²) in [4.78, 5) is 26.1. The van der Waals surface area contributed by atoms with Gasteiger partial charge in [0.25, 0.3) is 0 Å². The maximum atomic E-state index is 13.2. The Morgan fingerprint density at radius 2 is 0.737 bits per heavy atom. The molecule has 0 saturated carbocycles. The van der Waals surface area contributed by atoms with Gasteiger partial charge in [-0.2, -0.15) is 0 Å². The third-order valence-electron chi connectivity index (χ3n) is 12.2. The molecule has 0 fully saturated rings. The van der Waals surface area contributed by atoms with E-state index < -0.39 is 18.2 Å². The van der Waals surface area contributed by atoms with Crippen LogP contribution in [-0.2, 0) is 14.3 Å². The first-order chi connectivity index (χ1) is 28.0. The second-order valence-electron chi connectivity index (χ2n) is 17.9. The van der Waals surface area contributed by atoms with Crippen molar-refractivity contribution in [2.45, 2.75) is 309 Å². The molecule has 0 aliphatic rings. The van der Waals surface area contributed by atoms with Gasteiger partial charge in [0.05, 0.1) is 25.2 Å². The predicted octanol–water partition coefficient (Wildman–Crippen LogP) is 15.2. The third kappa shape index (κ3) is 41.4. The van der Waals surface area contributed by atoms with Crippen LogP contribution in [0.2, 0.25) is 0 Å². The number of nitrogens with one attached hydrogen (secondary N) is 1. The lowest BCUT2D eigenvalue weighted by atomic mass is 10.0. The summed E-state index contributed by atoms with van der Waals surface area (Å²) in [5.41, 5.74) is 0. The van der Waals surface area contributed by atoms with Crippen molar-refractivity contribution in [2.75, 3.05) is 6.61 Å². The molecule has 3 N–H and O–H groups in total. The number of ether oxygens (including phenoxy) is 1. The first-order valence-electron chi connectivity index (χ1n) is 25.8. The minimum atomic E-state index is -0.777. The molecule has 3 unspecified atom stereocenters. The summed E-state index contributed by atoms with van der Waals surface area (Å²) in [5, 5.41) is 23.7. The highest BCUT2D eigenvalue weighted by molar-refractivity contribution is 5.77. The molecule has 0 aliphatic heterocycles. The van der Waals surface area contributed by atoms with Gasteiger partial charge in [0.1, 0.15) is 6.10 Å². The van der Waals surface area contributed by atoms with E-state index in [1.807, 2.05) is 0 Å². The zero-order chi connectivity index (χ0) is 41.7. The van der Waals surface area contributed by atoms with E-state index in [0.29, 0.717) is 19.3 Å². The van der Waals surface area contributed by atoms with Crippen molar-refractivity contribution < 1.29 is 24.5 Å². The van der Waals surface area contributed by atoms with Gasteiger partial charge in [-0.15, -0.1) is 0 Å². The van der Waals surface area contributed by atoms with Crippen LogP contribution in [0.25, 0.3) is 0 Å². The van der Waals surface area contributed by atoms with Crippen LogP contribution in [-0.4, -0.2) is 46.9 Å². The lowest BCUT2D eigenvalue weighted by molar-refractivity contribution is -0.151. The minimum absolute atomic E-state index is 0.0876. The molecule has 0 radical (unpaired) electrons. The third-order valence-corrected chi connectivity index (χ3v) is 12.2. The monoisotopic (exact) mass is 808 g/mol. The molecule has 6 heteroatoms. The van der Waals surface area contributed by atoms with E-state index in [4.69, 9.17) is 4.74 Å². The number of aliphatic hydroxyl groups is 2. The fraction of sp³-hybridized carbons (Fsp3) is 0.961. The molecule has 0 rings (SSSR count). The molecule has 0 aliphatic carbocycles. The number of carbonyl (C=O) groups excluding carboxylic acids is 2. The van der Waals surface area contributed by atoms with E-state index >= 15 is 0 Å². The summed E-state index contributed by atoms with van der Waals surface area (Å²) >= 11 is 0. The Balaban J connectivity index is 4.50. The number of amides is 1. The van der Waals surface area contributed by atoms with Crippen molar-refractivity contribution in [1.82, 2.24) is 5.32 Å². The smallest absolute Gasteiger partial charge is 0.306 e. The van der Waals surface area contributed by atoms with Crippen LogP contribution in [0.1, 0.15) is 290 Å². The molecule has 0 saturated heterocycles. The largest absolute Gasteiger partial charge is 0.462 e. The van der Waals surface area contributed by atoms with Gasteiger partial charge in [0, 0.05) is 6.42 Å².